The average molecular weight is 1020 g/mol. The molecule has 3 N–H and O–H groups in total. The van der Waals surface area contributed by atoms with Crippen molar-refractivity contribution in [3.63, 3.8) is 0 Å². The predicted molar refractivity (Wildman–Crippen MR) is 272 cm³/mol. The van der Waals surface area contributed by atoms with Crippen LogP contribution in [0.5, 0.6) is 0 Å². The number of benzene rings is 2. The molecule has 2 saturated heterocycles. The van der Waals surface area contributed by atoms with Crippen LogP contribution >= 0.6 is 0 Å². The topological polar surface area (TPSA) is 230 Å². The number of nitrogens with one attached hydrogen (secondary N) is 2. The smallest absolute Gasteiger partial charge is 0.283 e. The third kappa shape index (κ3) is 9.57. The van der Waals surface area contributed by atoms with Crippen LogP contribution in [0.2, 0.25) is 0 Å². The summed E-state index contributed by atoms with van der Waals surface area (Å²) in [5.41, 5.74) is 1.12. The quantitative estimate of drug-likeness (QED) is 0.0865. The molecule has 74 heavy (non-hydrogen) atoms. The fourth-order valence-electron chi connectivity index (χ4n) is 10.1. The molecule has 2 aromatic carbocycles. The largest absolute Gasteiger partial charge is 0.392 e. The fourth-order valence-corrected chi connectivity index (χ4v) is 10.1. The van der Waals surface area contributed by atoms with Crippen molar-refractivity contribution < 1.29 is 37.9 Å². The number of piperidine rings is 1. The number of aliphatic hydroxyl groups is 1. The first-order valence-corrected chi connectivity index (χ1v) is 24.3. The van der Waals surface area contributed by atoms with Crippen molar-refractivity contribution >= 4 is 75.6 Å². The Labute approximate surface area is 423 Å². The molecule has 3 aromatic heterocycles. The lowest BCUT2D eigenvalue weighted by Gasteiger charge is -2.36. The second-order valence-corrected chi connectivity index (χ2v) is 19.8. The highest BCUT2D eigenvalue weighted by Gasteiger charge is 2.45. The molecule has 5 amide bonds. The van der Waals surface area contributed by atoms with Crippen LogP contribution in [0.1, 0.15) is 90.9 Å². The number of aliphatic hydroxyl groups excluding tert-OH is 1. The molecule has 9 rings (SSSR count). The van der Waals surface area contributed by atoms with E-state index < -0.39 is 53.5 Å². The Morgan fingerprint density at radius 3 is 2.35 bits per heavy atom. The first kappa shape index (κ1) is 50.9. The SMILES string of the molecule is C=N/C(=C(CO)\C(=C/C)c1cc(Nc2cc3n(n2)CCN(C(=O)CCCN2CCN(c4cc5c(cc4F)C(=O)N(C4CCC(=O)NC4=O)C5=O)CC2)C3)c(=O)n(C)c1)n1ncc2cc(C(C)(C)C)cc(F)c2c1=O. The number of hydrogen-bond acceptors (Lipinski definition) is 14. The Balaban J connectivity index is 0.814. The summed E-state index contributed by atoms with van der Waals surface area (Å²) >= 11 is 0. The van der Waals surface area contributed by atoms with E-state index in [1.807, 2.05) is 25.7 Å². The highest BCUT2D eigenvalue weighted by Crippen LogP contribution is 2.34. The van der Waals surface area contributed by atoms with Gasteiger partial charge in [0.05, 0.1) is 53.8 Å². The third-order valence-corrected chi connectivity index (χ3v) is 14.1. The van der Waals surface area contributed by atoms with Crippen molar-refractivity contribution in [2.45, 2.75) is 77.9 Å². The monoisotopic (exact) mass is 1010 g/mol. The third-order valence-electron chi connectivity index (χ3n) is 14.1. The van der Waals surface area contributed by atoms with Crippen LogP contribution in [0.15, 0.2) is 75.0 Å². The molecule has 0 bridgehead atoms. The fraction of sp³-hybridized carbons (Fsp3) is 0.385. The number of allylic oxidation sites excluding steroid dienone is 1. The molecule has 5 aromatic rings. The van der Waals surface area contributed by atoms with Crippen molar-refractivity contribution in [2.75, 3.05) is 56.1 Å². The number of aliphatic imine (C=N–C) groups is 1. The number of nitrogens with zero attached hydrogens (tertiary/aromatic N) is 10. The number of carbonyl (C=O) groups is 5. The minimum absolute atomic E-state index is 0.000896. The van der Waals surface area contributed by atoms with Crippen LogP contribution < -0.4 is 26.7 Å². The highest BCUT2D eigenvalue weighted by atomic mass is 19.1. The summed E-state index contributed by atoms with van der Waals surface area (Å²) in [5.74, 6) is -3.86. The summed E-state index contributed by atoms with van der Waals surface area (Å²) in [7, 11) is 1.57. The second-order valence-electron chi connectivity index (χ2n) is 19.8. The number of piperazine rings is 1. The number of carbonyl (C=O) groups excluding carboxylic acids is 5. The van der Waals surface area contributed by atoms with Crippen molar-refractivity contribution in [1.82, 2.24) is 44.1 Å². The zero-order valence-electron chi connectivity index (χ0n) is 41.7. The van der Waals surface area contributed by atoms with Gasteiger partial charge in [0, 0.05) is 81.4 Å². The summed E-state index contributed by atoms with van der Waals surface area (Å²) < 4.78 is 35.1. The maximum atomic E-state index is 15.6. The first-order valence-electron chi connectivity index (χ1n) is 24.3. The summed E-state index contributed by atoms with van der Waals surface area (Å²) in [5, 5.41) is 25.2. The molecule has 0 spiro atoms. The van der Waals surface area contributed by atoms with Crippen molar-refractivity contribution in [2.24, 2.45) is 12.0 Å². The number of aromatic nitrogens is 5. The Kier molecular flexibility index (Phi) is 13.9. The van der Waals surface area contributed by atoms with Gasteiger partial charge < -0.3 is 24.8 Å². The number of anilines is 3. The molecule has 4 aliphatic heterocycles. The van der Waals surface area contributed by atoms with Gasteiger partial charge in [-0.05, 0) is 79.9 Å². The van der Waals surface area contributed by atoms with Crippen LogP contribution in [0.4, 0.5) is 26.0 Å². The molecule has 2 fully saturated rings. The van der Waals surface area contributed by atoms with Gasteiger partial charge in [0.2, 0.25) is 17.7 Å². The molecule has 20 nitrogen and oxygen atoms in total. The predicted octanol–water partition coefficient (Wildman–Crippen LogP) is 3.92. The summed E-state index contributed by atoms with van der Waals surface area (Å²) in [6.45, 7) is 14.3. The van der Waals surface area contributed by atoms with Gasteiger partial charge in [0.25, 0.3) is 22.9 Å². The zero-order chi connectivity index (χ0) is 52.9. The number of rotatable bonds is 13. The van der Waals surface area contributed by atoms with E-state index in [9.17, 15) is 38.7 Å². The van der Waals surface area contributed by atoms with Gasteiger partial charge in [-0.1, -0.05) is 26.8 Å². The maximum absolute atomic E-state index is 15.6. The van der Waals surface area contributed by atoms with Crippen LogP contribution in [0.25, 0.3) is 22.2 Å². The number of amides is 5. The molecule has 386 valence electrons. The molecule has 0 radical (unpaired) electrons. The number of halogens is 2. The van der Waals surface area contributed by atoms with Gasteiger partial charge in [-0.25, -0.2) is 13.8 Å². The van der Waals surface area contributed by atoms with Gasteiger partial charge in [0.1, 0.15) is 23.4 Å². The zero-order valence-corrected chi connectivity index (χ0v) is 41.7. The van der Waals surface area contributed by atoms with E-state index in [2.05, 4.69) is 37.4 Å². The number of aryl methyl sites for hydroxylation is 1. The number of fused-ring (bicyclic) bond motifs is 3. The number of pyridine rings is 1. The average Bonchev–Trinajstić information content (AvgIpc) is 3.88. The highest BCUT2D eigenvalue weighted by molar-refractivity contribution is 6.23. The van der Waals surface area contributed by atoms with Crippen LogP contribution in [-0.4, -0.2) is 132 Å². The van der Waals surface area contributed by atoms with Gasteiger partial charge >= 0.3 is 0 Å². The summed E-state index contributed by atoms with van der Waals surface area (Å²) in [4.78, 5) is 102. The van der Waals surface area contributed by atoms with Crippen molar-refractivity contribution in [3.05, 3.63) is 121 Å². The van der Waals surface area contributed by atoms with Crippen LogP contribution in [0, 0.1) is 11.6 Å². The first-order chi connectivity index (χ1) is 35.3. The number of imide groups is 2. The van der Waals surface area contributed by atoms with E-state index in [0.29, 0.717) is 93.1 Å². The molecule has 1 atom stereocenters. The molecular formula is C52H56F2N12O8. The second kappa shape index (κ2) is 20.1. The normalized spacial score (nSPS) is 17.9. The standard InChI is InChI=1S/C52H56F2N12O8/c1-7-33(36(28-67)46(55-5)66-51(74)45-29(25-56-66)19-31(21-38(45)54)52(2,3)4)30-20-39(50(73)60(6)26-30)57-42-22-32-27-63(17-18-64(32)59-42)44(69)9-8-12-61-13-15-62(16-14-61)41-24-35-34(23-37(41)53)48(71)65(49(35)72)40-10-11-43(68)58-47(40)70/h7,19-26,40,67H,5,8-18,27-28H2,1-4,6H3,(H,57,59)(H,58,68,70)/b33-7-,46-36+. The lowest BCUT2D eigenvalue weighted by atomic mass is 9.86. The van der Waals surface area contributed by atoms with Gasteiger partial charge in [-0.2, -0.15) is 14.9 Å². The van der Waals surface area contributed by atoms with Gasteiger partial charge in [-0.3, -0.25) is 53.4 Å². The van der Waals surface area contributed by atoms with E-state index in [1.54, 1.807) is 54.0 Å². The van der Waals surface area contributed by atoms with Crippen LogP contribution in [0.3, 0.4) is 0 Å². The minimum Gasteiger partial charge on any atom is -0.392 e. The Morgan fingerprint density at radius 2 is 1.68 bits per heavy atom. The van der Waals surface area contributed by atoms with Gasteiger partial charge in [0.15, 0.2) is 11.6 Å². The number of hydrogen-bond donors (Lipinski definition) is 3. The van der Waals surface area contributed by atoms with Crippen molar-refractivity contribution in [3.8, 4) is 0 Å². The molecule has 0 saturated carbocycles. The van der Waals surface area contributed by atoms with Gasteiger partial charge in [-0.15, -0.1) is 0 Å². The maximum Gasteiger partial charge on any atom is 0.283 e. The van der Waals surface area contributed by atoms with Crippen LogP contribution in [-0.2, 0) is 39.9 Å². The van der Waals surface area contributed by atoms with E-state index in [-0.39, 0.29) is 69.0 Å². The molecular weight excluding hydrogens is 959 g/mol. The molecule has 22 heteroatoms. The molecule has 0 aliphatic carbocycles. The lowest BCUT2D eigenvalue weighted by molar-refractivity contribution is -0.136. The summed E-state index contributed by atoms with van der Waals surface area (Å²) in [6.07, 6.45) is 5.48. The molecule has 4 aliphatic rings. The van der Waals surface area contributed by atoms with E-state index in [0.717, 1.165) is 21.3 Å². The lowest BCUT2D eigenvalue weighted by Crippen LogP contribution is -2.54. The molecule has 1 unspecified atom stereocenters. The minimum atomic E-state index is -1.15. The van der Waals surface area contributed by atoms with Crippen molar-refractivity contribution in [1.29, 1.82) is 0 Å². The van der Waals surface area contributed by atoms with E-state index >= 15 is 8.78 Å². The Hall–Kier alpha value is -7.98. The molecule has 7 heterocycles. The Morgan fingerprint density at radius 1 is 0.946 bits per heavy atom. The summed E-state index contributed by atoms with van der Waals surface area (Å²) in [6, 6.07) is 7.67. The van der Waals surface area contributed by atoms with E-state index in [1.165, 1.54) is 22.9 Å². The van der Waals surface area contributed by atoms with E-state index in [4.69, 9.17) is 0 Å². The Bertz CT molecular complexity index is 3380.